The van der Waals surface area contributed by atoms with Crippen LogP contribution in [0.25, 0.3) is 22.2 Å². The lowest BCUT2D eigenvalue weighted by molar-refractivity contribution is -0.384. The number of rotatable bonds is 5. The summed E-state index contributed by atoms with van der Waals surface area (Å²) < 4.78 is 16.3. The molecule has 0 aliphatic rings. The van der Waals surface area contributed by atoms with E-state index in [1.807, 2.05) is 13.0 Å². The van der Waals surface area contributed by atoms with Crippen molar-refractivity contribution < 1.29 is 18.6 Å². The quantitative estimate of drug-likeness (QED) is 0.278. The standard InChI is InChI=1S/C21H16N2O6/c1-12-13(2)21(24)28-20-10-16(6-7-18(12)20)27-11-17-9-19(22-29-17)14-4-3-5-15(8-14)23(25)26/h3-10H,11H2,1-2H3. The van der Waals surface area contributed by atoms with Gasteiger partial charge in [0, 0.05) is 40.8 Å². The van der Waals surface area contributed by atoms with Gasteiger partial charge in [-0.3, -0.25) is 10.1 Å². The number of fused-ring (bicyclic) bond motifs is 1. The highest BCUT2D eigenvalue weighted by Crippen LogP contribution is 2.26. The van der Waals surface area contributed by atoms with Crippen molar-refractivity contribution in [1.29, 1.82) is 0 Å². The maximum absolute atomic E-state index is 11.9. The molecule has 0 saturated heterocycles. The summed E-state index contributed by atoms with van der Waals surface area (Å²) in [5.74, 6) is 0.963. The maximum atomic E-state index is 11.9. The van der Waals surface area contributed by atoms with Crippen LogP contribution in [0.3, 0.4) is 0 Å². The van der Waals surface area contributed by atoms with E-state index in [2.05, 4.69) is 5.16 Å². The predicted octanol–water partition coefficient (Wildman–Crippen LogP) is 4.55. The molecular formula is C21H16N2O6. The second-order valence-electron chi connectivity index (χ2n) is 6.57. The number of hydrogen-bond acceptors (Lipinski definition) is 7. The van der Waals surface area contributed by atoms with Crippen LogP contribution in [0.2, 0.25) is 0 Å². The van der Waals surface area contributed by atoms with Crippen LogP contribution in [0.5, 0.6) is 5.75 Å². The Morgan fingerprint density at radius 2 is 1.93 bits per heavy atom. The molecular weight excluding hydrogens is 376 g/mol. The average molecular weight is 392 g/mol. The number of ether oxygens (including phenoxy) is 1. The first-order valence-electron chi connectivity index (χ1n) is 8.79. The summed E-state index contributed by atoms with van der Waals surface area (Å²) in [5.41, 5.74) is 2.57. The molecule has 0 N–H and O–H groups in total. The molecule has 0 spiro atoms. The molecule has 4 rings (SSSR count). The zero-order valence-electron chi connectivity index (χ0n) is 15.7. The summed E-state index contributed by atoms with van der Waals surface area (Å²) in [6, 6.07) is 13.1. The Morgan fingerprint density at radius 3 is 2.72 bits per heavy atom. The summed E-state index contributed by atoms with van der Waals surface area (Å²) >= 11 is 0. The normalized spacial score (nSPS) is 11.0. The lowest BCUT2D eigenvalue weighted by Gasteiger charge is -2.07. The lowest BCUT2D eigenvalue weighted by atomic mass is 10.1. The summed E-state index contributed by atoms with van der Waals surface area (Å²) in [5, 5.41) is 15.7. The van der Waals surface area contributed by atoms with E-state index in [1.54, 1.807) is 37.3 Å². The second kappa shape index (κ2) is 7.23. The Kier molecular flexibility index (Phi) is 4.59. The fourth-order valence-corrected chi connectivity index (χ4v) is 2.97. The lowest BCUT2D eigenvalue weighted by Crippen LogP contribution is -2.05. The van der Waals surface area contributed by atoms with Crippen molar-refractivity contribution in [1.82, 2.24) is 5.16 Å². The highest BCUT2D eigenvalue weighted by molar-refractivity contribution is 5.82. The Labute approximate surface area is 164 Å². The highest BCUT2D eigenvalue weighted by Gasteiger charge is 2.12. The molecule has 2 aromatic carbocycles. The second-order valence-corrected chi connectivity index (χ2v) is 6.57. The van der Waals surface area contributed by atoms with Gasteiger partial charge in [-0.15, -0.1) is 0 Å². The Bertz CT molecular complexity index is 1290. The Morgan fingerprint density at radius 1 is 1.10 bits per heavy atom. The fourth-order valence-electron chi connectivity index (χ4n) is 2.97. The van der Waals surface area contributed by atoms with Crippen molar-refractivity contribution in [2.24, 2.45) is 0 Å². The minimum atomic E-state index is -0.463. The van der Waals surface area contributed by atoms with Crippen molar-refractivity contribution in [3.05, 3.63) is 86.0 Å². The number of nitrogens with zero attached hydrogens (tertiary/aromatic N) is 2. The van der Waals surface area contributed by atoms with Gasteiger partial charge in [-0.2, -0.15) is 0 Å². The SMILES string of the molecule is Cc1c(C)c2ccc(OCc3cc(-c4cccc([N+](=O)[O-])c4)no3)cc2oc1=O. The van der Waals surface area contributed by atoms with Crippen molar-refractivity contribution in [3.8, 4) is 17.0 Å². The van der Waals surface area contributed by atoms with E-state index in [1.165, 1.54) is 12.1 Å². The van der Waals surface area contributed by atoms with Crippen LogP contribution in [-0.4, -0.2) is 10.1 Å². The molecule has 8 heteroatoms. The van der Waals surface area contributed by atoms with E-state index in [9.17, 15) is 14.9 Å². The van der Waals surface area contributed by atoms with E-state index < -0.39 is 4.92 Å². The van der Waals surface area contributed by atoms with Crippen LogP contribution in [0.4, 0.5) is 5.69 Å². The number of aromatic nitrogens is 1. The topological polar surface area (TPSA) is 109 Å². The third-order valence-corrected chi connectivity index (χ3v) is 4.72. The van der Waals surface area contributed by atoms with Gasteiger partial charge in [0.15, 0.2) is 5.76 Å². The molecule has 2 aromatic heterocycles. The van der Waals surface area contributed by atoms with Gasteiger partial charge in [0.25, 0.3) is 5.69 Å². The monoisotopic (exact) mass is 392 g/mol. The van der Waals surface area contributed by atoms with E-state index >= 15 is 0 Å². The third-order valence-electron chi connectivity index (χ3n) is 4.72. The van der Waals surface area contributed by atoms with Gasteiger partial charge in [-0.1, -0.05) is 17.3 Å². The average Bonchev–Trinajstić information content (AvgIpc) is 3.19. The zero-order valence-corrected chi connectivity index (χ0v) is 15.7. The Balaban J connectivity index is 1.53. The predicted molar refractivity (Wildman–Crippen MR) is 105 cm³/mol. The van der Waals surface area contributed by atoms with Gasteiger partial charge in [0.05, 0.1) is 4.92 Å². The van der Waals surface area contributed by atoms with Crippen LogP contribution in [0, 0.1) is 24.0 Å². The molecule has 0 aliphatic heterocycles. The van der Waals surface area contributed by atoms with Gasteiger partial charge >= 0.3 is 5.63 Å². The van der Waals surface area contributed by atoms with E-state index in [0.29, 0.717) is 33.9 Å². The number of nitro benzene ring substituents is 1. The van der Waals surface area contributed by atoms with Crippen LogP contribution < -0.4 is 10.4 Å². The van der Waals surface area contributed by atoms with Crippen LogP contribution in [0.1, 0.15) is 16.9 Å². The maximum Gasteiger partial charge on any atom is 0.339 e. The number of aryl methyl sites for hydroxylation is 1. The van der Waals surface area contributed by atoms with Gasteiger partial charge in [0.1, 0.15) is 23.6 Å². The van der Waals surface area contributed by atoms with Crippen molar-refractivity contribution in [2.45, 2.75) is 20.5 Å². The molecule has 0 bridgehead atoms. The molecule has 8 nitrogen and oxygen atoms in total. The molecule has 0 radical (unpaired) electrons. The molecule has 4 aromatic rings. The van der Waals surface area contributed by atoms with Crippen molar-refractivity contribution >= 4 is 16.7 Å². The first kappa shape index (κ1) is 18.4. The number of benzene rings is 2. The molecule has 0 saturated carbocycles. The van der Waals surface area contributed by atoms with Crippen LogP contribution in [0.15, 0.2) is 62.3 Å². The number of hydrogen-bond donors (Lipinski definition) is 0. The van der Waals surface area contributed by atoms with E-state index in [0.717, 1.165) is 10.9 Å². The molecule has 146 valence electrons. The minimum absolute atomic E-state index is 0.0218. The van der Waals surface area contributed by atoms with Crippen molar-refractivity contribution in [2.75, 3.05) is 0 Å². The summed E-state index contributed by atoms with van der Waals surface area (Å²) in [6.45, 7) is 3.70. The first-order valence-corrected chi connectivity index (χ1v) is 8.79. The number of non-ortho nitro benzene ring substituents is 1. The fraction of sp³-hybridized carbons (Fsp3) is 0.143. The van der Waals surface area contributed by atoms with Gasteiger partial charge in [-0.05, 0) is 31.5 Å². The van der Waals surface area contributed by atoms with Crippen LogP contribution in [-0.2, 0) is 6.61 Å². The Hall–Kier alpha value is -3.94. The molecule has 2 heterocycles. The molecule has 0 fully saturated rings. The zero-order chi connectivity index (χ0) is 20.5. The summed E-state index contributed by atoms with van der Waals surface area (Å²) in [4.78, 5) is 22.3. The molecule has 0 atom stereocenters. The van der Waals surface area contributed by atoms with Crippen molar-refractivity contribution in [3.63, 3.8) is 0 Å². The van der Waals surface area contributed by atoms with Gasteiger partial charge in [0.2, 0.25) is 0 Å². The van der Waals surface area contributed by atoms with E-state index in [-0.39, 0.29) is 17.9 Å². The van der Waals surface area contributed by atoms with Gasteiger partial charge in [-0.25, -0.2) is 4.79 Å². The highest BCUT2D eigenvalue weighted by atomic mass is 16.6. The number of nitro groups is 1. The first-order chi connectivity index (χ1) is 13.9. The molecule has 0 aliphatic carbocycles. The molecule has 0 unspecified atom stereocenters. The minimum Gasteiger partial charge on any atom is -0.485 e. The van der Waals surface area contributed by atoms with Gasteiger partial charge < -0.3 is 13.7 Å². The summed E-state index contributed by atoms with van der Waals surface area (Å²) in [7, 11) is 0. The molecule has 29 heavy (non-hydrogen) atoms. The largest absolute Gasteiger partial charge is 0.485 e. The smallest absolute Gasteiger partial charge is 0.339 e. The molecule has 0 amide bonds. The third kappa shape index (κ3) is 3.60. The van der Waals surface area contributed by atoms with E-state index in [4.69, 9.17) is 13.7 Å². The van der Waals surface area contributed by atoms with Crippen LogP contribution >= 0.6 is 0 Å². The summed E-state index contributed by atoms with van der Waals surface area (Å²) in [6.07, 6.45) is 0.